The first kappa shape index (κ1) is 14.7. The van der Waals surface area contributed by atoms with Crippen LogP contribution in [0.3, 0.4) is 0 Å². The van der Waals surface area contributed by atoms with E-state index in [0.717, 1.165) is 0 Å². The zero-order chi connectivity index (χ0) is 12.2. The molecule has 0 saturated carbocycles. The third kappa shape index (κ3) is 9.22. The van der Waals surface area contributed by atoms with Gasteiger partial charge in [-0.05, 0) is 6.92 Å². The van der Waals surface area contributed by atoms with Crippen molar-refractivity contribution in [3.63, 3.8) is 0 Å². The largest absolute Gasteiger partial charge is 0.465 e. The summed E-state index contributed by atoms with van der Waals surface area (Å²) in [7, 11) is 1.56. The van der Waals surface area contributed by atoms with E-state index in [1.54, 1.807) is 14.0 Å². The summed E-state index contributed by atoms with van der Waals surface area (Å²) >= 11 is 0. The van der Waals surface area contributed by atoms with Gasteiger partial charge in [-0.3, -0.25) is 4.79 Å². The third-order valence-electron chi connectivity index (χ3n) is 1.47. The average molecular weight is 234 g/mol. The molecule has 0 spiro atoms. The second-order valence-corrected chi connectivity index (χ2v) is 2.71. The number of hydrogen-bond donors (Lipinski definition) is 2. The predicted molar refractivity (Wildman–Crippen MR) is 55.9 cm³/mol. The molecule has 0 radical (unpaired) electrons. The Balaban J connectivity index is 3.34. The summed E-state index contributed by atoms with van der Waals surface area (Å²) < 4.78 is 14.3. The van der Waals surface area contributed by atoms with Crippen LogP contribution in [0.4, 0.5) is 4.79 Å². The molecule has 0 unspecified atom stereocenters. The number of nitrogens with one attached hydrogen (secondary N) is 2. The molecule has 2 N–H and O–H groups in total. The van der Waals surface area contributed by atoms with E-state index in [0.29, 0.717) is 19.8 Å². The van der Waals surface area contributed by atoms with Gasteiger partial charge in [0.15, 0.2) is 0 Å². The van der Waals surface area contributed by atoms with Crippen molar-refractivity contribution in [3.8, 4) is 0 Å². The maximum absolute atomic E-state index is 11.0. The van der Waals surface area contributed by atoms with Crippen molar-refractivity contribution in [2.24, 2.45) is 0 Å². The van der Waals surface area contributed by atoms with Gasteiger partial charge in [-0.2, -0.15) is 0 Å². The van der Waals surface area contributed by atoms with Crippen LogP contribution in [-0.4, -0.2) is 52.2 Å². The van der Waals surface area contributed by atoms with E-state index in [9.17, 15) is 9.59 Å². The van der Waals surface area contributed by atoms with E-state index < -0.39 is 12.0 Å². The summed E-state index contributed by atoms with van der Waals surface area (Å²) in [5.74, 6) is -0.474. The van der Waals surface area contributed by atoms with Gasteiger partial charge in [-0.25, -0.2) is 4.79 Å². The van der Waals surface area contributed by atoms with E-state index in [1.165, 1.54) is 0 Å². The summed E-state index contributed by atoms with van der Waals surface area (Å²) in [6.45, 7) is 2.76. The maximum Gasteiger partial charge on any atom is 0.325 e. The molecule has 0 aliphatic heterocycles. The molecule has 0 aliphatic rings. The standard InChI is InChI=1S/C9H18N2O5/c1-3-16-8(12)6-10-9(13)11-7-15-5-4-14-2/h3-7H2,1-2H3,(H2,10,11,13). The SMILES string of the molecule is CCOC(=O)CNC(=O)NCOCCOC. The maximum atomic E-state index is 11.0. The lowest BCUT2D eigenvalue weighted by Gasteiger charge is -2.07. The number of carbonyl (C=O) groups excluding carboxylic acids is 2. The van der Waals surface area contributed by atoms with Gasteiger partial charge in [0.25, 0.3) is 0 Å². The Morgan fingerprint density at radius 1 is 1.19 bits per heavy atom. The Labute approximate surface area is 94.4 Å². The predicted octanol–water partition coefficient (Wildman–Crippen LogP) is -0.531. The Hall–Kier alpha value is -1.34. The monoisotopic (exact) mass is 234 g/mol. The molecule has 0 atom stereocenters. The molecule has 2 amide bonds. The van der Waals surface area contributed by atoms with Crippen molar-refractivity contribution in [2.45, 2.75) is 6.92 Å². The van der Waals surface area contributed by atoms with Crippen LogP contribution in [0.5, 0.6) is 0 Å². The first-order chi connectivity index (χ1) is 7.70. The van der Waals surface area contributed by atoms with E-state index in [2.05, 4.69) is 15.4 Å². The Morgan fingerprint density at radius 2 is 1.94 bits per heavy atom. The van der Waals surface area contributed by atoms with Gasteiger partial charge in [-0.15, -0.1) is 0 Å². The highest BCUT2D eigenvalue weighted by Gasteiger charge is 2.04. The van der Waals surface area contributed by atoms with Crippen molar-refractivity contribution < 1.29 is 23.8 Å². The van der Waals surface area contributed by atoms with Gasteiger partial charge in [0.2, 0.25) is 0 Å². The molecule has 0 saturated heterocycles. The van der Waals surface area contributed by atoms with Gasteiger partial charge in [0, 0.05) is 7.11 Å². The van der Waals surface area contributed by atoms with Gasteiger partial charge < -0.3 is 24.8 Å². The number of methoxy groups -OCH3 is 1. The van der Waals surface area contributed by atoms with Gasteiger partial charge >= 0.3 is 12.0 Å². The Bertz CT molecular complexity index is 210. The van der Waals surface area contributed by atoms with Crippen LogP contribution in [0.1, 0.15) is 6.92 Å². The van der Waals surface area contributed by atoms with E-state index in [1.807, 2.05) is 0 Å². The molecular weight excluding hydrogens is 216 g/mol. The minimum atomic E-state index is -0.481. The third-order valence-corrected chi connectivity index (χ3v) is 1.47. The lowest BCUT2D eigenvalue weighted by atomic mass is 10.6. The zero-order valence-corrected chi connectivity index (χ0v) is 9.58. The summed E-state index contributed by atoms with van der Waals surface area (Å²) in [5.41, 5.74) is 0. The number of esters is 1. The van der Waals surface area contributed by atoms with Crippen LogP contribution >= 0.6 is 0 Å². The van der Waals surface area contributed by atoms with Crippen molar-refractivity contribution in [3.05, 3.63) is 0 Å². The molecule has 0 bridgehead atoms. The van der Waals surface area contributed by atoms with Crippen molar-refractivity contribution >= 4 is 12.0 Å². The second kappa shape index (κ2) is 10.2. The lowest BCUT2D eigenvalue weighted by Crippen LogP contribution is -2.40. The lowest BCUT2D eigenvalue weighted by molar-refractivity contribution is -0.141. The van der Waals surface area contributed by atoms with Gasteiger partial charge in [-0.1, -0.05) is 0 Å². The molecule has 0 rings (SSSR count). The van der Waals surface area contributed by atoms with Crippen molar-refractivity contribution in [1.82, 2.24) is 10.6 Å². The van der Waals surface area contributed by atoms with Crippen LogP contribution in [0, 0.1) is 0 Å². The average Bonchev–Trinajstić information content (AvgIpc) is 2.26. The number of rotatable bonds is 8. The van der Waals surface area contributed by atoms with Crippen molar-refractivity contribution in [1.29, 1.82) is 0 Å². The second-order valence-electron chi connectivity index (χ2n) is 2.71. The number of amides is 2. The molecule has 7 nitrogen and oxygen atoms in total. The Morgan fingerprint density at radius 3 is 2.56 bits per heavy atom. The molecule has 0 aromatic rings. The number of urea groups is 1. The van der Waals surface area contributed by atoms with Crippen LogP contribution in [0.2, 0.25) is 0 Å². The first-order valence-corrected chi connectivity index (χ1v) is 4.94. The number of carbonyl (C=O) groups is 2. The first-order valence-electron chi connectivity index (χ1n) is 4.94. The molecule has 0 aromatic carbocycles. The smallest absolute Gasteiger partial charge is 0.325 e. The van der Waals surface area contributed by atoms with Crippen LogP contribution in [0.15, 0.2) is 0 Å². The zero-order valence-electron chi connectivity index (χ0n) is 9.58. The minimum Gasteiger partial charge on any atom is -0.465 e. The number of hydrogen-bond acceptors (Lipinski definition) is 5. The minimum absolute atomic E-state index is 0.0675. The topological polar surface area (TPSA) is 85.9 Å². The molecule has 16 heavy (non-hydrogen) atoms. The highest BCUT2D eigenvalue weighted by atomic mass is 16.5. The fourth-order valence-corrected chi connectivity index (χ4v) is 0.758. The van der Waals surface area contributed by atoms with Crippen LogP contribution < -0.4 is 10.6 Å². The quantitative estimate of drug-likeness (QED) is 0.335. The van der Waals surface area contributed by atoms with E-state index in [4.69, 9.17) is 9.47 Å². The van der Waals surface area contributed by atoms with Crippen molar-refractivity contribution in [2.75, 3.05) is 40.2 Å². The molecular formula is C9H18N2O5. The fourth-order valence-electron chi connectivity index (χ4n) is 0.758. The molecule has 0 aromatic heterocycles. The van der Waals surface area contributed by atoms with Gasteiger partial charge in [0.05, 0.1) is 19.8 Å². The molecule has 0 aliphatic carbocycles. The van der Waals surface area contributed by atoms with E-state index in [-0.39, 0.29) is 13.3 Å². The fraction of sp³-hybridized carbons (Fsp3) is 0.778. The van der Waals surface area contributed by atoms with E-state index >= 15 is 0 Å². The molecule has 7 heteroatoms. The normalized spacial score (nSPS) is 9.62. The molecule has 94 valence electrons. The number of ether oxygens (including phenoxy) is 3. The summed E-state index contributed by atoms with van der Waals surface area (Å²) in [6.07, 6.45) is 0. The highest BCUT2D eigenvalue weighted by Crippen LogP contribution is 1.76. The van der Waals surface area contributed by atoms with Crippen LogP contribution in [0.25, 0.3) is 0 Å². The summed E-state index contributed by atoms with van der Waals surface area (Å²) in [6, 6.07) is -0.481. The Kier molecular flexibility index (Phi) is 9.33. The highest BCUT2D eigenvalue weighted by molar-refractivity contribution is 5.80. The summed E-state index contributed by atoms with van der Waals surface area (Å²) in [5, 5.41) is 4.73. The molecule has 0 heterocycles. The van der Waals surface area contributed by atoms with Gasteiger partial charge in [0.1, 0.15) is 13.3 Å². The van der Waals surface area contributed by atoms with Crippen LogP contribution in [-0.2, 0) is 19.0 Å². The summed E-state index contributed by atoms with van der Waals surface area (Å²) in [4.78, 5) is 21.9. The molecule has 0 fully saturated rings.